The summed E-state index contributed by atoms with van der Waals surface area (Å²) >= 11 is 0. The summed E-state index contributed by atoms with van der Waals surface area (Å²) in [6, 6.07) is 2.54. The Hall–Kier alpha value is -3.24. The number of aromatic hydroxyl groups is 1. The number of phenolic OH excluding ortho intramolecular Hbond substituents is 1. The van der Waals surface area contributed by atoms with Gasteiger partial charge in [-0.1, -0.05) is 0 Å². The van der Waals surface area contributed by atoms with E-state index in [1.165, 1.54) is 0 Å². The maximum Gasteiger partial charge on any atom is 0.433 e. The number of carbonyl (C=O) groups is 1. The molecule has 0 aliphatic heterocycles. The van der Waals surface area contributed by atoms with Crippen LogP contribution in [-0.2, 0) is 6.18 Å². The molecule has 170 valence electrons. The van der Waals surface area contributed by atoms with Gasteiger partial charge in [0.25, 0.3) is 5.91 Å². The van der Waals surface area contributed by atoms with Gasteiger partial charge in [-0.25, -0.2) is 13.8 Å². The molecule has 1 saturated carbocycles. The predicted molar refractivity (Wildman–Crippen MR) is 104 cm³/mol. The van der Waals surface area contributed by atoms with E-state index in [4.69, 9.17) is 5.11 Å². The summed E-state index contributed by atoms with van der Waals surface area (Å²) in [5, 5.41) is 16.5. The van der Waals surface area contributed by atoms with E-state index in [0.29, 0.717) is 17.4 Å². The van der Waals surface area contributed by atoms with Crippen molar-refractivity contribution in [2.45, 2.75) is 37.9 Å². The highest BCUT2D eigenvalue weighted by Gasteiger charge is 2.33. The van der Waals surface area contributed by atoms with E-state index in [-0.39, 0.29) is 17.5 Å². The van der Waals surface area contributed by atoms with Crippen LogP contribution in [0.3, 0.4) is 0 Å². The van der Waals surface area contributed by atoms with E-state index in [1.807, 2.05) is 0 Å². The summed E-state index contributed by atoms with van der Waals surface area (Å²) in [6.45, 7) is 0.315. The summed E-state index contributed by atoms with van der Waals surface area (Å²) < 4.78 is 67.0. The standard InChI is InChI=1S/C21H19F5N4O2/c22-15-5-12(6-16(23)19(15)31)20(32)28-8-11-1-3-14(4-2-11)30-10-13-7-18(21(24,25)26)27-9-17(13)29-30/h5-7,9-11,14,31H,1-4,8H2,(H,28,32)/t11-,14-. The van der Waals surface area contributed by atoms with Crippen molar-refractivity contribution < 1.29 is 31.9 Å². The Kier molecular flexibility index (Phi) is 5.74. The first-order chi connectivity index (χ1) is 15.1. The number of nitrogens with zero attached hydrogens (tertiary/aromatic N) is 3. The van der Waals surface area contributed by atoms with Crippen LogP contribution >= 0.6 is 0 Å². The number of phenols is 1. The number of amides is 1. The summed E-state index contributed by atoms with van der Waals surface area (Å²) in [5.74, 6) is -4.04. The Balaban J connectivity index is 1.34. The van der Waals surface area contributed by atoms with Gasteiger partial charge in [-0.05, 0) is 49.8 Å². The molecule has 1 aromatic carbocycles. The predicted octanol–water partition coefficient (Wildman–Crippen LogP) is 4.60. The Labute approximate surface area is 179 Å². The molecular formula is C21H19F5N4O2. The zero-order valence-corrected chi connectivity index (χ0v) is 16.7. The van der Waals surface area contributed by atoms with Gasteiger partial charge in [-0.2, -0.15) is 18.3 Å². The number of hydrogen-bond acceptors (Lipinski definition) is 4. The van der Waals surface area contributed by atoms with E-state index in [9.17, 15) is 26.7 Å². The van der Waals surface area contributed by atoms with E-state index in [2.05, 4.69) is 15.4 Å². The molecule has 0 bridgehead atoms. The van der Waals surface area contributed by atoms with Crippen LogP contribution in [0, 0.1) is 17.6 Å². The molecule has 1 aliphatic rings. The smallest absolute Gasteiger partial charge is 0.433 e. The van der Waals surface area contributed by atoms with Crippen molar-refractivity contribution in [3.63, 3.8) is 0 Å². The molecule has 1 aliphatic carbocycles. The highest BCUT2D eigenvalue weighted by Crippen LogP contribution is 2.34. The second kappa shape index (κ2) is 8.36. The fourth-order valence-corrected chi connectivity index (χ4v) is 3.94. The number of pyridine rings is 1. The molecule has 6 nitrogen and oxygen atoms in total. The van der Waals surface area contributed by atoms with Gasteiger partial charge in [0.15, 0.2) is 17.4 Å². The fourth-order valence-electron chi connectivity index (χ4n) is 3.94. The third kappa shape index (κ3) is 4.51. The Morgan fingerprint density at radius 1 is 1.12 bits per heavy atom. The first-order valence-electron chi connectivity index (χ1n) is 10.00. The summed E-state index contributed by atoms with van der Waals surface area (Å²) in [5.41, 5.74) is -0.792. The Morgan fingerprint density at radius 2 is 1.78 bits per heavy atom. The van der Waals surface area contributed by atoms with Crippen molar-refractivity contribution in [3.8, 4) is 5.75 Å². The van der Waals surface area contributed by atoms with Gasteiger partial charge in [0.05, 0.1) is 12.2 Å². The minimum atomic E-state index is -4.52. The Morgan fingerprint density at radius 3 is 2.41 bits per heavy atom. The monoisotopic (exact) mass is 454 g/mol. The summed E-state index contributed by atoms with van der Waals surface area (Å²) in [4.78, 5) is 15.6. The topological polar surface area (TPSA) is 80.0 Å². The van der Waals surface area contributed by atoms with Crippen LogP contribution in [0.4, 0.5) is 22.0 Å². The lowest BCUT2D eigenvalue weighted by Gasteiger charge is -2.28. The summed E-state index contributed by atoms with van der Waals surface area (Å²) in [7, 11) is 0. The molecular weight excluding hydrogens is 435 g/mol. The number of halogens is 5. The van der Waals surface area contributed by atoms with Gasteiger partial charge < -0.3 is 10.4 Å². The fraction of sp³-hybridized carbons (Fsp3) is 0.381. The zero-order valence-electron chi connectivity index (χ0n) is 16.7. The van der Waals surface area contributed by atoms with E-state index >= 15 is 0 Å². The molecule has 0 spiro atoms. The number of nitrogens with one attached hydrogen (secondary N) is 1. The molecule has 2 N–H and O–H groups in total. The number of carbonyl (C=O) groups excluding carboxylic acids is 1. The quantitative estimate of drug-likeness (QED) is 0.565. The first kappa shape index (κ1) is 22.0. The lowest BCUT2D eigenvalue weighted by atomic mass is 9.86. The van der Waals surface area contributed by atoms with Crippen molar-refractivity contribution >= 4 is 16.8 Å². The van der Waals surface area contributed by atoms with Gasteiger partial charge in [-0.15, -0.1) is 0 Å². The van der Waals surface area contributed by atoms with Crippen LogP contribution in [0.5, 0.6) is 5.75 Å². The molecule has 0 unspecified atom stereocenters. The lowest BCUT2D eigenvalue weighted by Crippen LogP contribution is -2.31. The molecule has 2 aromatic heterocycles. The van der Waals surface area contributed by atoms with E-state index in [0.717, 1.165) is 50.1 Å². The van der Waals surface area contributed by atoms with Gasteiger partial charge in [0.1, 0.15) is 11.2 Å². The number of aromatic nitrogens is 3. The van der Waals surface area contributed by atoms with Gasteiger partial charge >= 0.3 is 6.18 Å². The molecule has 1 amide bonds. The van der Waals surface area contributed by atoms with Crippen molar-refractivity contribution in [1.29, 1.82) is 0 Å². The van der Waals surface area contributed by atoms with Gasteiger partial charge in [0.2, 0.25) is 0 Å². The largest absolute Gasteiger partial charge is 0.503 e. The second-order valence-corrected chi connectivity index (χ2v) is 7.91. The number of fused-ring (bicyclic) bond motifs is 1. The first-order valence-corrected chi connectivity index (χ1v) is 10.00. The van der Waals surface area contributed by atoms with Crippen LogP contribution in [0.2, 0.25) is 0 Å². The Bertz CT molecular complexity index is 1130. The van der Waals surface area contributed by atoms with Crippen molar-refractivity contribution in [2.75, 3.05) is 6.54 Å². The van der Waals surface area contributed by atoms with Crippen LogP contribution in [0.25, 0.3) is 10.9 Å². The molecule has 0 saturated heterocycles. The average Bonchev–Trinajstić information content (AvgIpc) is 3.18. The van der Waals surface area contributed by atoms with Crippen molar-refractivity contribution in [2.24, 2.45) is 5.92 Å². The molecule has 32 heavy (non-hydrogen) atoms. The summed E-state index contributed by atoms with van der Waals surface area (Å²) in [6.07, 6.45) is 1.11. The maximum atomic E-state index is 13.4. The molecule has 4 rings (SSSR count). The molecule has 11 heteroatoms. The van der Waals surface area contributed by atoms with Crippen LogP contribution in [-0.4, -0.2) is 32.3 Å². The molecule has 1 fully saturated rings. The van der Waals surface area contributed by atoms with Gasteiger partial charge in [-0.3, -0.25) is 9.48 Å². The molecule has 3 aromatic rings. The average molecular weight is 454 g/mol. The molecule has 2 heterocycles. The van der Waals surface area contributed by atoms with Crippen LogP contribution < -0.4 is 5.32 Å². The number of alkyl halides is 3. The second-order valence-electron chi connectivity index (χ2n) is 7.91. The molecule has 0 atom stereocenters. The SMILES string of the molecule is O=C(NC[C@H]1CC[C@H](n2cc3cc(C(F)(F)F)ncc3n2)CC1)c1cc(F)c(O)c(F)c1. The van der Waals surface area contributed by atoms with Crippen molar-refractivity contribution in [1.82, 2.24) is 20.1 Å². The normalized spacial score (nSPS) is 19.3. The van der Waals surface area contributed by atoms with Crippen LogP contribution in [0.15, 0.2) is 30.6 Å². The lowest BCUT2D eigenvalue weighted by molar-refractivity contribution is -0.141. The van der Waals surface area contributed by atoms with Gasteiger partial charge in [0, 0.05) is 23.7 Å². The number of benzene rings is 1. The maximum absolute atomic E-state index is 13.4. The highest BCUT2D eigenvalue weighted by atomic mass is 19.4. The zero-order chi connectivity index (χ0) is 23.0. The van der Waals surface area contributed by atoms with E-state index < -0.39 is 35.2 Å². The van der Waals surface area contributed by atoms with E-state index in [1.54, 1.807) is 10.9 Å². The third-order valence-electron chi connectivity index (χ3n) is 5.72. The van der Waals surface area contributed by atoms with Crippen LogP contribution in [0.1, 0.15) is 47.8 Å². The number of hydrogen-bond donors (Lipinski definition) is 2. The minimum Gasteiger partial charge on any atom is -0.503 e. The highest BCUT2D eigenvalue weighted by molar-refractivity contribution is 5.94. The minimum absolute atomic E-state index is 0.0176. The molecule has 0 radical (unpaired) electrons. The third-order valence-corrected chi connectivity index (χ3v) is 5.72. The van der Waals surface area contributed by atoms with Crippen molar-refractivity contribution in [3.05, 3.63) is 53.5 Å². The number of rotatable bonds is 4.